The van der Waals surface area contributed by atoms with Crippen LogP contribution < -0.4 is 5.32 Å². The van der Waals surface area contributed by atoms with E-state index in [1.165, 1.54) is 11.3 Å². The van der Waals surface area contributed by atoms with Crippen molar-refractivity contribution < 1.29 is 4.79 Å². The van der Waals surface area contributed by atoms with Crippen LogP contribution in [0.3, 0.4) is 0 Å². The summed E-state index contributed by atoms with van der Waals surface area (Å²) in [5.41, 5.74) is 1.40. The average Bonchev–Trinajstić information content (AvgIpc) is 2.77. The van der Waals surface area contributed by atoms with Gasteiger partial charge in [-0.25, -0.2) is 4.98 Å². The molecule has 1 amide bonds. The van der Waals surface area contributed by atoms with E-state index in [0.717, 1.165) is 5.69 Å². The van der Waals surface area contributed by atoms with Gasteiger partial charge in [0.2, 0.25) is 0 Å². The third-order valence-electron chi connectivity index (χ3n) is 2.61. The highest BCUT2D eigenvalue weighted by molar-refractivity contribution is 7.14. The van der Waals surface area contributed by atoms with Gasteiger partial charge in [0.05, 0.1) is 16.3 Å². The number of hydrogen-bond acceptors (Lipinski definition) is 3. The summed E-state index contributed by atoms with van der Waals surface area (Å²) in [5.74, 6) is -0.236. The number of thiazole rings is 1. The van der Waals surface area contributed by atoms with Crippen LogP contribution in [0.1, 0.15) is 36.8 Å². The summed E-state index contributed by atoms with van der Waals surface area (Å²) in [7, 11) is 0. The van der Waals surface area contributed by atoms with Crippen LogP contribution in [0.15, 0.2) is 29.6 Å². The number of benzene rings is 1. The van der Waals surface area contributed by atoms with Crippen LogP contribution in [0.4, 0.5) is 5.13 Å². The molecular formula is C14H15ClN2OS. The fourth-order valence-electron chi connectivity index (χ4n) is 1.49. The fourth-order valence-corrected chi connectivity index (χ4v) is 2.64. The quantitative estimate of drug-likeness (QED) is 0.895. The molecule has 0 spiro atoms. The molecule has 1 heterocycles. The van der Waals surface area contributed by atoms with Crippen LogP contribution >= 0.6 is 22.9 Å². The molecular weight excluding hydrogens is 280 g/mol. The number of rotatable bonds is 2. The molecule has 1 aromatic heterocycles. The molecule has 0 aliphatic carbocycles. The summed E-state index contributed by atoms with van der Waals surface area (Å²) in [6, 6.07) is 6.96. The number of aromatic nitrogens is 1. The molecule has 0 fully saturated rings. The monoisotopic (exact) mass is 294 g/mol. The van der Waals surface area contributed by atoms with Crippen molar-refractivity contribution in [1.29, 1.82) is 0 Å². The Balaban J connectivity index is 2.16. The summed E-state index contributed by atoms with van der Waals surface area (Å²) < 4.78 is 0. The van der Waals surface area contributed by atoms with Crippen molar-refractivity contribution in [1.82, 2.24) is 4.98 Å². The van der Waals surface area contributed by atoms with Crippen LogP contribution in [0, 0.1) is 0 Å². The minimum Gasteiger partial charge on any atom is -0.298 e. The van der Waals surface area contributed by atoms with Gasteiger partial charge in [0.15, 0.2) is 5.13 Å². The van der Waals surface area contributed by atoms with Gasteiger partial charge in [-0.2, -0.15) is 0 Å². The first-order valence-corrected chi connectivity index (χ1v) is 7.15. The number of nitrogens with one attached hydrogen (secondary N) is 1. The SMILES string of the molecule is CC(C)(C)c1csc(NC(=O)c2ccccc2Cl)n1. The zero-order chi connectivity index (χ0) is 14.0. The first kappa shape index (κ1) is 14.0. The van der Waals surface area contributed by atoms with Gasteiger partial charge in [0, 0.05) is 10.8 Å². The van der Waals surface area contributed by atoms with Gasteiger partial charge in [-0.15, -0.1) is 11.3 Å². The first-order chi connectivity index (χ1) is 8.88. The number of carbonyl (C=O) groups excluding carboxylic acids is 1. The van der Waals surface area contributed by atoms with Gasteiger partial charge in [0.1, 0.15) is 0 Å². The Morgan fingerprint density at radius 1 is 1.32 bits per heavy atom. The Kier molecular flexibility index (Phi) is 3.92. The van der Waals surface area contributed by atoms with Gasteiger partial charge in [-0.05, 0) is 12.1 Å². The smallest absolute Gasteiger partial charge is 0.258 e. The minimum absolute atomic E-state index is 0.0239. The largest absolute Gasteiger partial charge is 0.298 e. The van der Waals surface area contributed by atoms with E-state index < -0.39 is 0 Å². The van der Waals surface area contributed by atoms with Crippen LogP contribution in [0.25, 0.3) is 0 Å². The highest BCUT2D eigenvalue weighted by Crippen LogP contribution is 2.27. The molecule has 0 aliphatic heterocycles. The first-order valence-electron chi connectivity index (χ1n) is 5.90. The molecule has 19 heavy (non-hydrogen) atoms. The second-order valence-electron chi connectivity index (χ2n) is 5.22. The van der Waals surface area contributed by atoms with E-state index in [4.69, 9.17) is 11.6 Å². The van der Waals surface area contributed by atoms with Gasteiger partial charge in [0.25, 0.3) is 5.91 Å². The molecule has 0 saturated carbocycles. The van der Waals surface area contributed by atoms with E-state index in [0.29, 0.717) is 15.7 Å². The molecule has 0 aliphatic rings. The van der Waals surface area contributed by atoms with E-state index in [1.54, 1.807) is 24.3 Å². The topological polar surface area (TPSA) is 42.0 Å². The van der Waals surface area contributed by atoms with E-state index in [9.17, 15) is 4.79 Å². The van der Waals surface area contributed by atoms with Crippen molar-refractivity contribution in [3.63, 3.8) is 0 Å². The second-order valence-corrected chi connectivity index (χ2v) is 6.49. The fraction of sp³-hybridized carbons (Fsp3) is 0.286. The van der Waals surface area contributed by atoms with E-state index in [-0.39, 0.29) is 11.3 Å². The van der Waals surface area contributed by atoms with Crippen molar-refractivity contribution in [3.8, 4) is 0 Å². The normalized spacial score (nSPS) is 11.4. The van der Waals surface area contributed by atoms with Crippen molar-refractivity contribution in [2.75, 3.05) is 5.32 Å². The summed E-state index contributed by atoms with van der Waals surface area (Å²) in [6.07, 6.45) is 0. The van der Waals surface area contributed by atoms with Crippen LogP contribution in [0.2, 0.25) is 5.02 Å². The van der Waals surface area contributed by atoms with E-state index in [2.05, 4.69) is 31.1 Å². The molecule has 0 radical (unpaired) electrons. The Morgan fingerprint density at radius 2 is 2.00 bits per heavy atom. The molecule has 2 rings (SSSR count). The lowest BCUT2D eigenvalue weighted by Crippen LogP contribution is -2.14. The maximum absolute atomic E-state index is 12.1. The minimum atomic E-state index is -0.236. The lowest BCUT2D eigenvalue weighted by molar-refractivity contribution is 0.102. The van der Waals surface area contributed by atoms with Crippen LogP contribution in [-0.2, 0) is 5.41 Å². The maximum atomic E-state index is 12.1. The van der Waals surface area contributed by atoms with Gasteiger partial charge >= 0.3 is 0 Å². The van der Waals surface area contributed by atoms with E-state index >= 15 is 0 Å². The molecule has 3 nitrogen and oxygen atoms in total. The number of halogens is 1. The van der Waals surface area contributed by atoms with Crippen molar-refractivity contribution >= 4 is 34.0 Å². The number of carbonyl (C=O) groups is 1. The standard InChI is InChI=1S/C14H15ClN2OS/c1-14(2,3)11-8-19-13(16-11)17-12(18)9-6-4-5-7-10(9)15/h4-8H,1-3H3,(H,16,17,18). The summed E-state index contributed by atoms with van der Waals surface area (Å²) in [6.45, 7) is 6.26. The molecule has 2 aromatic rings. The predicted molar refractivity (Wildman–Crippen MR) is 80.2 cm³/mol. The molecule has 0 atom stereocenters. The summed E-state index contributed by atoms with van der Waals surface area (Å²) in [4.78, 5) is 16.5. The van der Waals surface area contributed by atoms with Crippen molar-refractivity contribution in [2.24, 2.45) is 0 Å². The number of anilines is 1. The van der Waals surface area contributed by atoms with Crippen LogP contribution in [0.5, 0.6) is 0 Å². The molecule has 0 unspecified atom stereocenters. The number of hydrogen-bond donors (Lipinski definition) is 1. The van der Waals surface area contributed by atoms with Crippen molar-refractivity contribution in [2.45, 2.75) is 26.2 Å². The highest BCUT2D eigenvalue weighted by Gasteiger charge is 2.18. The molecule has 0 saturated heterocycles. The van der Waals surface area contributed by atoms with Gasteiger partial charge < -0.3 is 0 Å². The summed E-state index contributed by atoms with van der Waals surface area (Å²) >= 11 is 7.40. The second kappa shape index (κ2) is 5.31. The molecule has 0 bridgehead atoms. The Labute approximate surface area is 121 Å². The van der Waals surface area contributed by atoms with Gasteiger partial charge in [-0.3, -0.25) is 10.1 Å². The third-order valence-corrected chi connectivity index (χ3v) is 3.70. The van der Waals surface area contributed by atoms with E-state index in [1.807, 2.05) is 5.38 Å². The average molecular weight is 295 g/mol. The van der Waals surface area contributed by atoms with Crippen molar-refractivity contribution in [3.05, 3.63) is 45.9 Å². The number of amides is 1. The van der Waals surface area contributed by atoms with Crippen LogP contribution in [-0.4, -0.2) is 10.9 Å². The Hall–Kier alpha value is -1.39. The Bertz CT molecular complexity index is 601. The lowest BCUT2D eigenvalue weighted by Gasteiger charge is -2.14. The highest BCUT2D eigenvalue weighted by atomic mass is 35.5. The molecule has 1 N–H and O–H groups in total. The lowest BCUT2D eigenvalue weighted by atomic mass is 9.93. The Morgan fingerprint density at radius 3 is 2.58 bits per heavy atom. The molecule has 5 heteroatoms. The molecule has 1 aromatic carbocycles. The zero-order valence-corrected chi connectivity index (χ0v) is 12.6. The predicted octanol–water partition coefficient (Wildman–Crippen LogP) is 4.35. The molecule has 100 valence electrons. The third kappa shape index (κ3) is 3.33. The zero-order valence-electron chi connectivity index (χ0n) is 11.0. The maximum Gasteiger partial charge on any atom is 0.258 e. The van der Waals surface area contributed by atoms with Gasteiger partial charge in [-0.1, -0.05) is 44.5 Å². The number of nitrogens with zero attached hydrogens (tertiary/aromatic N) is 1. The summed E-state index contributed by atoms with van der Waals surface area (Å²) in [5, 5.41) is 5.77.